The molecular formula is C15H20N2O2S. The Labute approximate surface area is 123 Å². The molecule has 4 nitrogen and oxygen atoms in total. The number of allylic oxidation sites excluding steroid dienone is 1. The molecule has 20 heavy (non-hydrogen) atoms. The van der Waals surface area contributed by atoms with Crippen LogP contribution < -0.4 is 0 Å². The number of carbonyl (C=O) groups excluding carboxylic acids is 1. The number of aliphatic imine (C=N–C) groups is 1. The van der Waals surface area contributed by atoms with E-state index >= 15 is 0 Å². The largest absolute Gasteiger partial charge is 0.457 e. The zero-order valence-electron chi connectivity index (χ0n) is 12.2. The third kappa shape index (κ3) is 4.13. The van der Waals surface area contributed by atoms with E-state index in [4.69, 9.17) is 4.74 Å². The predicted octanol–water partition coefficient (Wildman–Crippen LogP) is 3.32. The van der Waals surface area contributed by atoms with Crippen LogP contribution in [0.1, 0.15) is 36.3 Å². The van der Waals surface area contributed by atoms with Gasteiger partial charge in [-0.15, -0.1) is 11.3 Å². The van der Waals surface area contributed by atoms with Crippen molar-refractivity contribution >= 4 is 23.0 Å². The van der Waals surface area contributed by atoms with Crippen LogP contribution in [-0.4, -0.2) is 23.3 Å². The number of hydrogen-bond donors (Lipinski definition) is 0. The highest BCUT2D eigenvalue weighted by molar-refractivity contribution is 7.12. The van der Waals surface area contributed by atoms with Crippen molar-refractivity contribution in [2.75, 3.05) is 6.61 Å². The maximum atomic E-state index is 12.1. The Kier molecular flexibility index (Phi) is 6.31. The fourth-order valence-corrected chi connectivity index (χ4v) is 2.51. The van der Waals surface area contributed by atoms with Gasteiger partial charge in [0.25, 0.3) is 0 Å². The molecule has 0 fully saturated rings. The molecule has 0 unspecified atom stereocenters. The van der Waals surface area contributed by atoms with Gasteiger partial charge in [0.05, 0.1) is 5.01 Å². The molecule has 0 spiro atoms. The Morgan fingerprint density at radius 1 is 1.45 bits per heavy atom. The summed E-state index contributed by atoms with van der Waals surface area (Å²) in [5.41, 5.74) is 1.39. The molecule has 0 aliphatic carbocycles. The molecule has 0 aliphatic heterocycles. The number of hydrogen-bond acceptors (Lipinski definition) is 5. The van der Waals surface area contributed by atoms with Crippen molar-refractivity contribution in [2.45, 2.75) is 33.6 Å². The first-order chi connectivity index (χ1) is 9.53. The van der Waals surface area contributed by atoms with Crippen LogP contribution in [0.15, 0.2) is 29.9 Å². The molecule has 1 rings (SSSR count). The minimum absolute atomic E-state index is 0.153. The van der Waals surface area contributed by atoms with Gasteiger partial charge in [-0.25, -0.2) is 14.8 Å². The zero-order valence-corrected chi connectivity index (χ0v) is 13.0. The van der Waals surface area contributed by atoms with Crippen LogP contribution in [0.4, 0.5) is 0 Å². The SMILES string of the molecule is C=CCOC(=O)C(=NC(=C)C)c1nc(CC)sc1CC. The van der Waals surface area contributed by atoms with E-state index in [2.05, 4.69) is 23.1 Å². The van der Waals surface area contributed by atoms with Crippen molar-refractivity contribution in [3.05, 3.63) is 40.5 Å². The second-order valence-electron chi connectivity index (χ2n) is 4.17. The quantitative estimate of drug-likeness (QED) is 0.440. The molecule has 0 saturated carbocycles. The Balaban J connectivity index is 3.23. The van der Waals surface area contributed by atoms with Crippen molar-refractivity contribution in [3.8, 4) is 0 Å². The molecule has 0 aromatic carbocycles. The Morgan fingerprint density at radius 3 is 2.65 bits per heavy atom. The number of ether oxygens (including phenoxy) is 1. The first kappa shape index (κ1) is 16.3. The smallest absolute Gasteiger partial charge is 0.359 e. The van der Waals surface area contributed by atoms with Gasteiger partial charge >= 0.3 is 5.97 Å². The Hall–Kier alpha value is -1.75. The van der Waals surface area contributed by atoms with Crippen LogP contribution in [0.25, 0.3) is 0 Å². The molecule has 0 amide bonds. The van der Waals surface area contributed by atoms with Gasteiger partial charge < -0.3 is 4.74 Å². The number of thiazole rings is 1. The summed E-state index contributed by atoms with van der Waals surface area (Å²) >= 11 is 1.61. The molecule has 0 N–H and O–H groups in total. The first-order valence-electron chi connectivity index (χ1n) is 6.54. The van der Waals surface area contributed by atoms with Crippen molar-refractivity contribution in [1.82, 2.24) is 4.98 Å². The van der Waals surface area contributed by atoms with Crippen LogP contribution >= 0.6 is 11.3 Å². The second kappa shape index (κ2) is 7.75. The van der Waals surface area contributed by atoms with Crippen molar-refractivity contribution in [1.29, 1.82) is 0 Å². The minimum Gasteiger partial charge on any atom is -0.457 e. The number of esters is 1. The van der Waals surface area contributed by atoms with Gasteiger partial charge in [0.2, 0.25) is 0 Å². The summed E-state index contributed by atoms with van der Waals surface area (Å²) in [6, 6.07) is 0. The highest BCUT2D eigenvalue weighted by atomic mass is 32.1. The average Bonchev–Trinajstić information content (AvgIpc) is 2.84. The fourth-order valence-electron chi connectivity index (χ4n) is 1.57. The number of aromatic nitrogens is 1. The number of rotatable bonds is 7. The third-order valence-electron chi connectivity index (χ3n) is 2.42. The molecule has 0 bridgehead atoms. The summed E-state index contributed by atoms with van der Waals surface area (Å²) in [5, 5.41) is 0.989. The van der Waals surface area contributed by atoms with Crippen molar-refractivity contribution in [3.63, 3.8) is 0 Å². The predicted molar refractivity (Wildman–Crippen MR) is 83.4 cm³/mol. The zero-order chi connectivity index (χ0) is 15.1. The maximum Gasteiger partial charge on any atom is 0.359 e. The Bertz CT molecular complexity index is 544. The summed E-state index contributed by atoms with van der Waals surface area (Å²) in [5.74, 6) is -0.490. The van der Waals surface area contributed by atoms with E-state index in [1.807, 2.05) is 13.8 Å². The van der Waals surface area contributed by atoms with Gasteiger partial charge in [0, 0.05) is 10.6 Å². The van der Waals surface area contributed by atoms with Crippen LogP contribution in [0.5, 0.6) is 0 Å². The molecule has 0 radical (unpaired) electrons. The topological polar surface area (TPSA) is 51.5 Å². The lowest BCUT2D eigenvalue weighted by Gasteiger charge is -2.05. The molecule has 0 aliphatic rings. The van der Waals surface area contributed by atoms with E-state index in [0.717, 1.165) is 22.7 Å². The van der Waals surface area contributed by atoms with Crippen molar-refractivity contribution in [2.24, 2.45) is 4.99 Å². The molecular weight excluding hydrogens is 272 g/mol. The summed E-state index contributed by atoms with van der Waals surface area (Å²) in [6.07, 6.45) is 3.16. The summed E-state index contributed by atoms with van der Waals surface area (Å²) in [7, 11) is 0. The number of nitrogens with zero attached hydrogens (tertiary/aromatic N) is 2. The highest BCUT2D eigenvalue weighted by Crippen LogP contribution is 2.21. The number of aryl methyl sites for hydroxylation is 2. The van der Waals surface area contributed by atoms with E-state index in [-0.39, 0.29) is 12.3 Å². The van der Waals surface area contributed by atoms with Crippen molar-refractivity contribution < 1.29 is 9.53 Å². The maximum absolute atomic E-state index is 12.1. The van der Waals surface area contributed by atoms with Gasteiger partial charge in [-0.05, 0) is 19.8 Å². The molecule has 1 aromatic rings. The molecule has 0 atom stereocenters. The van der Waals surface area contributed by atoms with Gasteiger partial charge in [0.15, 0.2) is 5.71 Å². The molecule has 108 valence electrons. The van der Waals surface area contributed by atoms with E-state index < -0.39 is 5.97 Å². The molecule has 1 aromatic heterocycles. The van der Waals surface area contributed by atoms with Crippen LogP contribution in [-0.2, 0) is 22.4 Å². The van der Waals surface area contributed by atoms with E-state index in [1.54, 1.807) is 18.3 Å². The van der Waals surface area contributed by atoms with E-state index in [1.165, 1.54) is 6.08 Å². The van der Waals surface area contributed by atoms with Gasteiger partial charge in [-0.2, -0.15) is 0 Å². The minimum atomic E-state index is -0.490. The summed E-state index contributed by atoms with van der Waals surface area (Å²) in [6.45, 7) is 13.2. The average molecular weight is 292 g/mol. The van der Waals surface area contributed by atoms with E-state index in [0.29, 0.717) is 11.4 Å². The summed E-state index contributed by atoms with van der Waals surface area (Å²) < 4.78 is 5.09. The lowest BCUT2D eigenvalue weighted by Crippen LogP contribution is -2.21. The third-order valence-corrected chi connectivity index (χ3v) is 3.76. The van der Waals surface area contributed by atoms with Crippen LogP contribution in [0.2, 0.25) is 0 Å². The molecule has 0 saturated heterocycles. The first-order valence-corrected chi connectivity index (χ1v) is 7.36. The monoisotopic (exact) mass is 292 g/mol. The fraction of sp³-hybridized carbons (Fsp3) is 0.400. The lowest BCUT2D eigenvalue weighted by atomic mass is 10.2. The van der Waals surface area contributed by atoms with Gasteiger partial charge in [-0.3, -0.25) is 0 Å². The lowest BCUT2D eigenvalue weighted by molar-refractivity contribution is -0.134. The van der Waals surface area contributed by atoms with Crippen LogP contribution in [0, 0.1) is 0 Å². The second-order valence-corrected chi connectivity index (χ2v) is 5.34. The number of carbonyl (C=O) groups is 1. The van der Waals surface area contributed by atoms with E-state index in [9.17, 15) is 4.79 Å². The normalized spacial score (nSPS) is 11.2. The van der Waals surface area contributed by atoms with Gasteiger partial charge in [-0.1, -0.05) is 33.1 Å². The van der Waals surface area contributed by atoms with Crippen LogP contribution in [0.3, 0.4) is 0 Å². The van der Waals surface area contributed by atoms with Gasteiger partial charge in [0.1, 0.15) is 12.3 Å². The molecule has 5 heteroatoms. The highest BCUT2D eigenvalue weighted by Gasteiger charge is 2.22. The summed E-state index contributed by atoms with van der Waals surface area (Å²) in [4.78, 5) is 21.9. The standard InChI is InChI=1S/C15H20N2O2S/c1-6-9-19-15(18)14(16-10(4)5)13-11(7-2)20-12(8-3)17-13/h6H,1,4,7-9H2,2-3,5H3. The molecule has 1 heterocycles. The Morgan fingerprint density at radius 2 is 2.15 bits per heavy atom.